The Labute approximate surface area is 127 Å². The molecule has 0 unspecified atom stereocenters. The highest BCUT2D eigenvalue weighted by Gasteiger charge is 2.25. The van der Waals surface area contributed by atoms with E-state index in [9.17, 15) is 4.79 Å². The van der Waals surface area contributed by atoms with Crippen molar-refractivity contribution in [1.29, 1.82) is 0 Å². The van der Waals surface area contributed by atoms with E-state index >= 15 is 0 Å². The Balaban J connectivity index is 1.76. The molecule has 6 heteroatoms. The van der Waals surface area contributed by atoms with Gasteiger partial charge in [-0.15, -0.1) is 0 Å². The zero-order valence-electron chi connectivity index (χ0n) is 11.5. The van der Waals surface area contributed by atoms with Gasteiger partial charge in [0, 0.05) is 17.3 Å². The second-order valence-electron chi connectivity index (χ2n) is 4.91. The summed E-state index contributed by atoms with van der Waals surface area (Å²) < 4.78 is 5.07. The van der Waals surface area contributed by atoms with E-state index in [2.05, 4.69) is 15.3 Å². The zero-order valence-corrected chi connectivity index (χ0v) is 12.2. The van der Waals surface area contributed by atoms with Crippen LogP contribution in [0.5, 0.6) is 5.75 Å². The normalized spacial score (nSPS) is 13.8. The highest BCUT2D eigenvalue weighted by atomic mass is 35.5. The van der Waals surface area contributed by atoms with Crippen LogP contribution in [0.1, 0.15) is 34.9 Å². The van der Waals surface area contributed by atoms with E-state index in [1.54, 1.807) is 31.4 Å². The molecule has 1 heterocycles. The first-order valence-electron chi connectivity index (χ1n) is 6.64. The van der Waals surface area contributed by atoms with Crippen LogP contribution < -0.4 is 10.1 Å². The van der Waals surface area contributed by atoms with Gasteiger partial charge in [0.2, 0.25) is 0 Å². The third-order valence-corrected chi connectivity index (χ3v) is 3.62. The molecule has 2 aromatic rings. The van der Waals surface area contributed by atoms with Crippen molar-refractivity contribution in [2.75, 3.05) is 12.4 Å². The molecule has 0 atom stereocenters. The molecule has 1 amide bonds. The molecule has 1 saturated carbocycles. The van der Waals surface area contributed by atoms with Crippen LogP contribution in [0.25, 0.3) is 0 Å². The number of carbonyl (C=O) groups excluding carboxylic acids is 1. The quantitative estimate of drug-likeness (QED) is 0.941. The summed E-state index contributed by atoms with van der Waals surface area (Å²) in [4.78, 5) is 20.4. The third kappa shape index (κ3) is 3.13. The van der Waals surface area contributed by atoms with Gasteiger partial charge in [-0.1, -0.05) is 11.6 Å². The van der Waals surface area contributed by atoms with E-state index in [0.717, 1.165) is 18.5 Å². The van der Waals surface area contributed by atoms with Gasteiger partial charge >= 0.3 is 0 Å². The average Bonchev–Trinajstić information content (AvgIpc) is 3.32. The molecule has 0 radical (unpaired) electrons. The number of carbonyl (C=O) groups is 1. The van der Waals surface area contributed by atoms with Crippen LogP contribution in [0.15, 0.2) is 30.6 Å². The summed E-state index contributed by atoms with van der Waals surface area (Å²) in [7, 11) is 1.54. The second kappa shape index (κ2) is 5.69. The number of halogens is 1. The fourth-order valence-corrected chi connectivity index (χ4v) is 2.30. The van der Waals surface area contributed by atoms with Crippen LogP contribution in [0, 0.1) is 0 Å². The number of hydrogen-bond acceptors (Lipinski definition) is 4. The average molecular weight is 304 g/mol. The number of nitrogens with zero attached hydrogens (tertiary/aromatic N) is 2. The monoisotopic (exact) mass is 303 g/mol. The number of hydrogen-bond donors (Lipinski definition) is 1. The summed E-state index contributed by atoms with van der Waals surface area (Å²) >= 11 is 6.03. The van der Waals surface area contributed by atoms with Gasteiger partial charge in [0.15, 0.2) is 0 Å². The smallest absolute Gasteiger partial charge is 0.274 e. The molecule has 21 heavy (non-hydrogen) atoms. The summed E-state index contributed by atoms with van der Waals surface area (Å²) in [5.41, 5.74) is 1.89. The maximum Gasteiger partial charge on any atom is 0.274 e. The lowest BCUT2D eigenvalue weighted by Crippen LogP contribution is -2.14. The Bertz CT molecular complexity index is 686. The molecule has 0 saturated heterocycles. The van der Waals surface area contributed by atoms with Crippen molar-refractivity contribution in [2.24, 2.45) is 0 Å². The summed E-state index contributed by atoms with van der Waals surface area (Å²) in [5.74, 6) is 0.767. The van der Waals surface area contributed by atoms with E-state index in [1.807, 2.05) is 0 Å². The highest BCUT2D eigenvalue weighted by Crippen LogP contribution is 2.38. The van der Waals surface area contributed by atoms with Crippen molar-refractivity contribution < 1.29 is 9.53 Å². The van der Waals surface area contributed by atoms with Crippen molar-refractivity contribution in [3.05, 3.63) is 47.0 Å². The standard InChI is InChI=1S/C15H14ClN3O2/c1-21-14-5-4-10(6-11(14)16)19-15(20)13-7-12(9-2-3-9)17-8-18-13/h4-9H,2-3H2,1H3,(H,19,20). The molecule has 5 nitrogen and oxygen atoms in total. The summed E-state index contributed by atoms with van der Waals surface area (Å²) in [6, 6.07) is 6.82. The van der Waals surface area contributed by atoms with Gasteiger partial charge < -0.3 is 10.1 Å². The van der Waals surface area contributed by atoms with Crippen molar-refractivity contribution in [1.82, 2.24) is 9.97 Å². The van der Waals surface area contributed by atoms with Crippen molar-refractivity contribution in [3.8, 4) is 5.75 Å². The summed E-state index contributed by atoms with van der Waals surface area (Å²) in [6.07, 6.45) is 3.70. The minimum Gasteiger partial charge on any atom is -0.495 e. The van der Waals surface area contributed by atoms with Crippen LogP contribution in [0.2, 0.25) is 5.02 Å². The molecular formula is C15H14ClN3O2. The maximum atomic E-state index is 12.2. The molecular weight excluding hydrogens is 290 g/mol. The minimum absolute atomic E-state index is 0.277. The molecule has 3 rings (SSSR count). The Morgan fingerprint density at radius 1 is 1.33 bits per heavy atom. The topological polar surface area (TPSA) is 64.1 Å². The van der Waals surface area contributed by atoms with Crippen molar-refractivity contribution in [3.63, 3.8) is 0 Å². The van der Waals surface area contributed by atoms with Crippen LogP contribution in [-0.4, -0.2) is 23.0 Å². The lowest BCUT2D eigenvalue weighted by atomic mass is 10.2. The van der Waals surface area contributed by atoms with Gasteiger partial charge in [-0.05, 0) is 37.1 Å². The van der Waals surface area contributed by atoms with Crippen LogP contribution in [-0.2, 0) is 0 Å². The van der Waals surface area contributed by atoms with E-state index in [0.29, 0.717) is 28.1 Å². The number of nitrogens with one attached hydrogen (secondary N) is 1. The third-order valence-electron chi connectivity index (χ3n) is 3.33. The minimum atomic E-state index is -0.277. The fourth-order valence-electron chi connectivity index (χ4n) is 2.04. The highest BCUT2D eigenvalue weighted by molar-refractivity contribution is 6.32. The molecule has 1 fully saturated rings. The Morgan fingerprint density at radius 2 is 2.14 bits per heavy atom. The number of rotatable bonds is 4. The molecule has 1 aromatic carbocycles. The van der Waals surface area contributed by atoms with Crippen molar-refractivity contribution >= 4 is 23.2 Å². The first kappa shape index (κ1) is 13.8. The number of ether oxygens (including phenoxy) is 1. The molecule has 0 bridgehead atoms. The number of amides is 1. The lowest BCUT2D eigenvalue weighted by molar-refractivity contribution is 0.102. The van der Waals surface area contributed by atoms with Crippen molar-refractivity contribution in [2.45, 2.75) is 18.8 Å². The first-order valence-corrected chi connectivity index (χ1v) is 7.02. The maximum absolute atomic E-state index is 12.2. The van der Waals surface area contributed by atoms with Gasteiger partial charge in [0.1, 0.15) is 17.8 Å². The summed E-state index contributed by atoms with van der Waals surface area (Å²) in [6.45, 7) is 0. The first-order chi connectivity index (χ1) is 10.2. The van der Waals surface area contributed by atoms with E-state index < -0.39 is 0 Å². The van der Waals surface area contributed by atoms with Gasteiger partial charge in [-0.2, -0.15) is 0 Å². The lowest BCUT2D eigenvalue weighted by Gasteiger charge is -2.08. The number of anilines is 1. The second-order valence-corrected chi connectivity index (χ2v) is 5.31. The zero-order chi connectivity index (χ0) is 14.8. The number of aromatic nitrogens is 2. The molecule has 0 spiro atoms. The van der Waals surface area contributed by atoms with Crippen LogP contribution in [0.3, 0.4) is 0 Å². The Kier molecular flexibility index (Phi) is 3.75. The largest absolute Gasteiger partial charge is 0.495 e. The van der Waals surface area contributed by atoms with E-state index in [-0.39, 0.29) is 5.91 Å². The van der Waals surface area contributed by atoms with Gasteiger partial charge in [0.05, 0.1) is 12.1 Å². The summed E-state index contributed by atoms with van der Waals surface area (Å²) in [5, 5.41) is 3.21. The van der Waals surface area contributed by atoms with E-state index in [1.165, 1.54) is 6.33 Å². The number of methoxy groups -OCH3 is 1. The SMILES string of the molecule is COc1ccc(NC(=O)c2cc(C3CC3)ncn2)cc1Cl. The molecule has 0 aliphatic heterocycles. The van der Waals surface area contributed by atoms with E-state index in [4.69, 9.17) is 16.3 Å². The molecule has 1 aliphatic carbocycles. The predicted octanol–water partition coefficient (Wildman–Crippen LogP) is 3.27. The van der Waals surface area contributed by atoms with Crippen LogP contribution >= 0.6 is 11.6 Å². The number of benzene rings is 1. The van der Waals surface area contributed by atoms with Gasteiger partial charge in [-0.3, -0.25) is 4.79 Å². The Morgan fingerprint density at radius 3 is 2.81 bits per heavy atom. The molecule has 1 N–H and O–H groups in total. The van der Waals surface area contributed by atoms with Crippen LogP contribution in [0.4, 0.5) is 5.69 Å². The molecule has 1 aromatic heterocycles. The fraction of sp³-hybridized carbons (Fsp3) is 0.267. The van der Waals surface area contributed by atoms with Gasteiger partial charge in [0.25, 0.3) is 5.91 Å². The predicted molar refractivity (Wildman–Crippen MR) is 80.0 cm³/mol. The molecule has 108 valence electrons. The van der Waals surface area contributed by atoms with Gasteiger partial charge in [-0.25, -0.2) is 9.97 Å². The molecule has 1 aliphatic rings. The Hall–Kier alpha value is -2.14.